The van der Waals surface area contributed by atoms with E-state index in [0.717, 1.165) is 11.0 Å². The molecule has 0 aromatic heterocycles. The van der Waals surface area contributed by atoms with Gasteiger partial charge in [0.25, 0.3) is 6.43 Å². The molecule has 0 saturated carbocycles. The lowest BCUT2D eigenvalue weighted by atomic mass is 10.2. The van der Waals surface area contributed by atoms with Crippen LogP contribution in [0.5, 0.6) is 5.75 Å². The first-order valence-corrected chi connectivity index (χ1v) is 9.10. The Morgan fingerprint density at radius 2 is 2.08 bits per heavy atom. The van der Waals surface area contributed by atoms with E-state index in [0.29, 0.717) is 12.0 Å². The number of benzene rings is 1. The highest BCUT2D eigenvalue weighted by Gasteiger charge is 2.18. The molecule has 0 atom stereocenters. The Balaban J connectivity index is 3.07. The van der Waals surface area contributed by atoms with Crippen molar-refractivity contribution in [3.05, 3.63) is 29.8 Å². The maximum atomic E-state index is 12.5. The van der Waals surface area contributed by atoms with Crippen molar-refractivity contribution in [2.24, 2.45) is 0 Å². The summed E-state index contributed by atoms with van der Waals surface area (Å²) in [6, 6.07) is 4.36. The second-order valence-corrected chi connectivity index (χ2v) is 6.98. The van der Waals surface area contributed by atoms with Crippen LogP contribution in [0.3, 0.4) is 0 Å². The Labute approximate surface area is 146 Å². The van der Waals surface area contributed by atoms with E-state index >= 15 is 0 Å². The third kappa shape index (κ3) is 6.09. The number of carbonyl (C=O) groups excluding carboxylic acids is 1. The number of amides is 1. The first-order chi connectivity index (χ1) is 11.7. The number of alkyl halides is 2. The van der Waals surface area contributed by atoms with Crippen LogP contribution < -0.4 is 9.46 Å². The molecule has 0 aliphatic carbocycles. The second kappa shape index (κ2) is 9.47. The normalized spacial score (nSPS) is 11.9. The van der Waals surface area contributed by atoms with Crippen molar-refractivity contribution < 1.29 is 26.7 Å². The average molecular weight is 376 g/mol. The van der Waals surface area contributed by atoms with Gasteiger partial charge in [0, 0.05) is 12.6 Å². The molecule has 1 rings (SSSR count). The Kier molecular flexibility index (Phi) is 7.98. The van der Waals surface area contributed by atoms with Gasteiger partial charge < -0.3 is 9.64 Å². The average Bonchev–Trinajstić information content (AvgIpc) is 2.58. The number of methoxy groups -OCH3 is 1. The number of nitrogens with one attached hydrogen (secondary N) is 1. The summed E-state index contributed by atoms with van der Waals surface area (Å²) in [5, 5.41) is 0. The number of hydrogen-bond donors (Lipinski definition) is 1. The molecular formula is C16H22F2N2O4S. The Bertz CT molecular complexity index is 721. The summed E-state index contributed by atoms with van der Waals surface area (Å²) in [6.45, 7) is 1.36. The van der Waals surface area contributed by atoms with Crippen molar-refractivity contribution in [1.29, 1.82) is 0 Å². The Morgan fingerprint density at radius 1 is 1.40 bits per heavy atom. The molecule has 1 N–H and O–H groups in total. The van der Waals surface area contributed by atoms with E-state index in [9.17, 15) is 22.0 Å². The van der Waals surface area contributed by atoms with Crippen molar-refractivity contribution in [1.82, 2.24) is 9.62 Å². The van der Waals surface area contributed by atoms with Gasteiger partial charge in [-0.3, -0.25) is 4.79 Å². The number of rotatable bonds is 9. The lowest BCUT2D eigenvalue weighted by Gasteiger charge is -2.19. The van der Waals surface area contributed by atoms with Crippen molar-refractivity contribution in [3.8, 4) is 5.75 Å². The van der Waals surface area contributed by atoms with Gasteiger partial charge in [0.15, 0.2) is 0 Å². The number of hydrogen-bond acceptors (Lipinski definition) is 4. The van der Waals surface area contributed by atoms with Gasteiger partial charge in [-0.1, -0.05) is 13.0 Å². The molecule has 0 fully saturated rings. The summed E-state index contributed by atoms with van der Waals surface area (Å²) in [4.78, 5) is 13.0. The largest absolute Gasteiger partial charge is 0.495 e. The van der Waals surface area contributed by atoms with Crippen LogP contribution in [0.2, 0.25) is 0 Å². The van der Waals surface area contributed by atoms with Gasteiger partial charge in [-0.05, 0) is 37.2 Å². The molecule has 0 aliphatic rings. The van der Waals surface area contributed by atoms with E-state index < -0.39 is 28.9 Å². The van der Waals surface area contributed by atoms with E-state index in [2.05, 4.69) is 4.72 Å². The fourth-order valence-electron chi connectivity index (χ4n) is 2.12. The molecule has 1 amide bonds. The Morgan fingerprint density at radius 3 is 2.60 bits per heavy atom. The molecular weight excluding hydrogens is 354 g/mol. The van der Waals surface area contributed by atoms with Crippen LogP contribution in [0.15, 0.2) is 29.2 Å². The van der Waals surface area contributed by atoms with Crippen LogP contribution in [0.25, 0.3) is 6.08 Å². The molecule has 140 valence electrons. The SMILES string of the molecule is CCCN(CC(F)F)C(=O)/C=C/c1ccc(OC)c(S(=O)(=O)NC)c1. The van der Waals surface area contributed by atoms with Gasteiger partial charge in [0.05, 0.1) is 13.7 Å². The van der Waals surface area contributed by atoms with Crippen molar-refractivity contribution >= 4 is 22.0 Å². The van der Waals surface area contributed by atoms with Gasteiger partial charge >= 0.3 is 0 Å². The van der Waals surface area contributed by atoms with Gasteiger partial charge in [0.2, 0.25) is 15.9 Å². The summed E-state index contributed by atoms with van der Waals surface area (Å²) >= 11 is 0. The maximum absolute atomic E-state index is 12.5. The summed E-state index contributed by atoms with van der Waals surface area (Å²) in [7, 11) is -1.13. The number of halogens is 2. The number of carbonyl (C=O) groups is 1. The molecule has 0 radical (unpaired) electrons. The Hall–Kier alpha value is -2.00. The molecule has 0 heterocycles. The summed E-state index contributed by atoms with van der Waals surface area (Å²) in [5.74, 6) is -0.404. The number of nitrogens with zero attached hydrogens (tertiary/aromatic N) is 1. The molecule has 0 unspecified atom stereocenters. The van der Waals surface area contributed by atoms with E-state index in [1.807, 2.05) is 0 Å². The number of ether oxygens (including phenoxy) is 1. The van der Waals surface area contributed by atoms with Crippen molar-refractivity contribution in [2.45, 2.75) is 24.7 Å². The molecule has 0 spiro atoms. The fourth-order valence-corrected chi connectivity index (χ4v) is 3.05. The van der Waals surface area contributed by atoms with Crippen LogP contribution in [0, 0.1) is 0 Å². The second-order valence-electron chi connectivity index (χ2n) is 5.13. The lowest BCUT2D eigenvalue weighted by molar-refractivity contribution is -0.127. The fraction of sp³-hybridized carbons (Fsp3) is 0.438. The molecule has 0 aliphatic heterocycles. The summed E-state index contributed by atoms with van der Waals surface area (Å²) in [6.07, 6.45) is 0.469. The smallest absolute Gasteiger partial charge is 0.255 e. The molecule has 6 nitrogen and oxygen atoms in total. The van der Waals surface area contributed by atoms with E-state index in [4.69, 9.17) is 4.74 Å². The molecule has 25 heavy (non-hydrogen) atoms. The summed E-state index contributed by atoms with van der Waals surface area (Å²) in [5.41, 5.74) is 0.427. The highest BCUT2D eigenvalue weighted by atomic mass is 32.2. The van der Waals surface area contributed by atoms with Gasteiger partial charge in [-0.2, -0.15) is 0 Å². The highest BCUT2D eigenvalue weighted by Crippen LogP contribution is 2.25. The summed E-state index contributed by atoms with van der Waals surface area (Å²) < 4.78 is 56.3. The van der Waals surface area contributed by atoms with E-state index in [-0.39, 0.29) is 17.2 Å². The van der Waals surface area contributed by atoms with Gasteiger partial charge in [-0.15, -0.1) is 0 Å². The minimum absolute atomic E-state index is 0.0786. The predicted molar refractivity (Wildman–Crippen MR) is 91.1 cm³/mol. The zero-order chi connectivity index (χ0) is 19.0. The monoisotopic (exact) mass is 376 g/mol. The lowest BCUT2D eigenvalue weighted by Crippen LogP contribution is -2.34. The first-order valence-electron chi connectivity index (χ1n) is 7.61. The molecule has 1 aromatic rings. The molecule has 0 saturated heterocycles. The molecule has 9 heteroatoms. The van der Waals surface area contributed by atoms with Gasteiger partial charge in [0.1, 0.15) is 10.6 Å². The van der Waals surface area contributed by atoms with Gasteiger partial charge in [-0.25, -0.2) is 21.9 Å². The maximum Gasteiger partial charge on any atom is 0.255 e. The number of sulfonamides is 1. The minimum Gasteiger partial charge on any atom is -0.495 e. The standard InChI is InChI=1S/C16H22F2N2O4S/c1-4-9-20(11-15(17)18)16(21)8-6-12-5-7-13(24-3)14(10-12)25(22,23)19-2/h5-8,10,15,19H,4,9,11H2,1-3H3/b8-6+. The van der Waals surface area contributed by atoms with Crippen LogP contribution in [0.4, 0.5) is 8.78 Å². The van der Waals surface area contributed by atoms with Crippen molar-refractivity contribution in [3.63, 3.8) is 0 Å². The van der Waals surface area contributed by atoms with Crippen LogP contribution in [-0.2, 0) is 14.8 Å². The zero-order valence-corrected chi connectivity index (χ0v) is 15.1. The van der Waals surface area contributed by atoms with E-state index in [1.165, 1.54) is 32.4 Å². The third-order valence-corrected chi connectivity index (χ3v) is 4.76. The zero-order valence-electron chi connectivity index (χ0n) is 14.3. The molecule has 0 bridgehead atoms. The molecule has 1 aromatic carbocycles. The quantitative estimate of drug-likeness (QED) is 0.670. The predicted octanol–water partition coefficient (Wildman–Crippen LogP) is 2.12. The third-order valence-electron chi connectivity index (χ3n) is 3.33. The minimum atomic E-state index is -3.75. The van der Waals surface area contributed by atoms with Crippen LogP contribution in [-0.4, -0.2) is 52.9 Å². The first kappa shape index (κ1) is 21.0. The van der Waals surface area contributed by atoms with E-state index in [1.54, 1.807) is 13.0 Å². The van der Waals surface area contributed by atoms with Crippen molar-refractivity contribution in [2.75, 3.05) is 27.2 Å². The van der Waals surface area contributed by atoms with Crippen LogP contribution in [0.1, 0.15) is 18.9 Å². The van der Waals surface area contributed by atoms with Crippen LogP contribution >= 0.6 is 0 Å². The highest BCUT2D eigenvalue weighted by molar-refractivity contribution is 7.89. The topological polar surface area (TPSA) is 75.7 Å².